The van der Waals surface area contributed by atoms with E-state index in [1.165, 1.54) is 0 Å². The molecular weight excluding hydrogens is 319 g/mol. The van der Waals surface area contributed by atoms with Crippen LogP contribution in [0.3, 0.4) is 0 Å². The van der Waals surface area contributed by atoms with Crippen molar-refractivity contribution in [1.82, 2.24) is 19.9 Å². The number of alkyl halides is 1. The molecule has 2 heterocycles. The minimum Gasteiger partial charge on any atom is -0.335 e. The Morgan fingerprint density at radius 2 is 2.04 bits per heavy atom. The van der Waals surface area contributed by atoms with Gasteiger partial charge in [0.2, 0.25) is 0 Å². The predicted octanol–water partition coefficient (Wildman–Crippen LogP) is 2.99. The molecule has 0 N–H and O–H groups in total. The third kappa shape index (κ3) is 2.58. The number of amides is 1. The third-order valence-corrected chi connectivity index (χ3v) is 4.99. The summed E-state index contributed by atoms with van der Waals surface area (Å²) in [6.07, 6.45) is 0.316. The number of halogens is 1. The van der Waals surface area contributed by atoms with E-state index in [9.17, 15) is 4.79 Å². The molecule has 1 aliphatic heterocycles. The maximum absolute atomic E-state index is 15.5. The van der Waals surface area contributed by atoms with Crippen LogP contribution in [0.2, 0.25) is 0 Å². The molecule has 25 heavy (non-hydrogen) atoms. The van der Waals surface area contributed by atoms with Crippen LogP contribution in [0.1, 0.15) is 27.9 Å². The number of hydrogen-bond donors (Lipinski definition) is 0. The van der Waals surface area contributed by atoms with Crippen molar-refractivity contribution in [2.45, 2.75) is 19.0 Å². The average Bonchev–Trinajstić information content (AvgIpc) is 3.19. The molecule has 1 fully saturated rings. The monoisotopic (exact) mass is 338 g/mol. The highest BCUT2D eigenvalue weighted by atomic mass is 19.1. The molecule has 0 spiro atoms. The second-order valence-corrected chi connectivity index (χ2v) is 6.67. The summed E-state index contributed by atoms with van der Waals surface area (Å²) in [6.45, 7) is 2.39. The predicted molar refractivity (Wildman–Crippen MR) is 93.0 cm³/mol. The Morgan fingerprint density at radius 1 is 1.24 bits per heavy atom. The Morgan fingerprint density at radius 3 is 2.84 bits per heavy atom. The van der Waals surface area contributed by atoms with Crippen molar-refractivity contribution in [3.63, 3.8) is 0 Å². The van der Waals surface area contributed by atoms with Crippen molar-refractivity contribution in [3.05, 3.63) is 59.2 Å². The fourth-order valence-corrected chi connectivity index (χ4v) is 3.60. The highest BCUT2D eigenvalue weighted by Gasteiger charge is 2.42. The molecule has 1 aliphatic rings. The van der Waals surface area contributed by atoms with Gasteiger partial charge in [-0.05, 0) is 36.2 Å². The van der Waals surface area contributed by atoms with Gasteiger partial charge in [0.1, 0.15) is 5.52 Å². The van der Waals surface area contributed by atoms with Crippen LogP contribution < -0.4 is 0 Å². The highest BCUT2D eigenvalue weighted by molar-refractivity contribution is 5.97. The Bertz CT molecular complexity index is 967. The lowest BCUT2D eigenvalue weighted by molar-refractivity contribution is 0.0750. The zero-order chi connectivity index (χ0) is 17.6. The summed E-state index contributed by atoms with van der Waals surface area (Å²) in [4.78, 5) is 14.4. The number of rotatable bonds is 2. The Labute approximate surface area is 145 Å². The van der Waals surface area contributed by atoms with Gasteiger partial charge in [0, 0.05) is 25.6 Å². The van der Waals surface area contributed by atoms with Crippen molar-refractivity contribution in [2.75, 3.05) is 13.1 Å². The second-order valence-electron chi connectivity index (χ2n) is 6.67. The Kier molecular flexibility index (Phi) is 3.56. The summed E-state index contributed by atoms with van der Waals surface area (Å²) in [5.41, 5.74) is 2.14. The van der Waals surface area contributed by atoms with Crippen LogP contribution in [0.5, 0.6) is 0 Å². The first-order valence-electron chi connectivity index (χ1n) is 8.32. The average molecular weight is 338 g/mol. The van der Waals surface area contributed by atoms with Gasteiger partial charge >= 0.3 is 0 Å². The van der Waals surface area contributed by atoms with E-state index in [4.69, 9.17) is 0 Å². The molecule has 4 rings (SSSR count). The number of carbonyl (C=O) groups excluding carboxylic acids is 1. The normalized spacial score (nSPS) is 20.4. The Balaban J connectivity index is 1.60. The SMILES string of the molecule is Cc1ccccc1C1(F)CCN(C(=O)c2ccc3c(c2)nnn3C)C1. The van der Waals surface area contributed by atoms with E-state index in [-0.39, 0.29) is 12.5 Å². The van der Waals surface area contributed by atoms with E-state index >= 15 is 4.39 Å². The molecule has 1 aromatic heterocycles. The molecule has 128 valence electrons. The lowest BCUT2D eigenvalue weighted by Crippen LogP contribution is -2.32. The number of fused-ring (bicyclic) bond motifs is 1. The maximum atomic E-state index is 15.5. The summed E-state index contributed by atoms with van der Waals surface area (Å²) in [5, 5.41) is 7.99. The van der Waals surface area contributed by atoms with Gasteiger partial charge in [0.05, 0.1) is 12.1 Å². The molecular formula is C19H19FN4O. The van der Waals surface area contributed by atoms with Crippen molar-refractivity contribution in [2.24, 2.45) is 7.05 Å². The van der Waals surface area contributed by atoms with Gasteiger partial charge in [0.25, 0.3) is 5.91 Å². The first-order valence-corrected chi connectivity index (χ1v) is 8.32. The molecule has 6 heteroatoms. The first kappa shape index (κ1) is 15.7. The molecule has 0 saturated carbocycles. The van der Waals surface area contributed by atoms with E-state index in [0.29, 0.717) is 29.6 Å². The summed E-state index contributed by atoms with van der Waals surface area (Å²) < 4.78 is 17.1. The van der Waals surface area contributed by atoms with Crippen LogP contribution in [0.25, 0.3) is 11.0 Å². The van der Waals surface area contributed by atoms with Crippen LogP contribution in [-0.2, 0) is 12.7 Å². The van der Waals surface area contributed by atoms with E-state index < -0.39 is 5.67 Å². The van der Waals surface area contributed by atoms with Crippen LogP contribution in [0, 0.1) is 6.92 Å². The van der Waals surface area contributed by atoms with E-state index in [1.54, 1.807) is 28.8 Å². The van der Waals surface area contributed by atoms with Gasteiger partial charge < -0.3 is 4.90 Å². The topological polar surface area (TPSA) is 51.0 Å². The van der Waals surface area contributed by atoms with Gasteiger partial charge in [-0.2, -0.15) is 0 Å². The standard InChI is InChI=1S/C19H19FN4O/c1-13-5-3-4-6-15(13)19(20)9-10-24(12-19)18(25)14-7-8-17-16(11-14)21-22-23(17)2/h3-8,11H,9-10,12H2,1-2H3. The van der Waals surface area contributed by atoms with E-state index in [1.807, 2.05) is 37.3 Å². The fourth-order valence-electron chi connectivity index (χ4n) is 3.60. The number of likely N-dealkylation sites (tertiary alicyclic amines) is 1. The van der Waals surface area contributed by atoms with Crippen LogP contribution in [-0.4, -0.2) is 38.9 Å². The molecule has 0 bridgehead atoms. The van der Waals surface area contributed by atoms with Crippen LogP contribution >= 0.6 is 0 Å². The lowest BCUT2D eigenvalue weighted by Gasteiger charge is -2.23. The highest BCUT2D eigenvalue weighted by Crippen LogP contribution is 2.38. The maximum Gasteiger partial charge on any atom is 0.254 e. The van der Waals surface area contributed by atoms with Crippen molar-refractivity contribution in [1.29, 1.82) is 0 Å². The van der Waals surface area contributed by atoms with Gasteiger partial charge in [-0.15, -0.1) is 5.10 Å². The molecule has 1 atom stereocenters. The number of nitrogens with zero attached hydrogens (tertiary/aromatic N) is 4. The number of aryl methyl sites for hydroxylation is 2. The molecule has 3 aromatic rings. The smallest absolute Gasteiger partial charge is 0.254 e. The molecule has 5 nitrogen and oxygen atoms in total. The number of carbonyl (C=O) groups is 1. The number of benzene rings is 2. The third-order valence-electron chi connectivity index (χ3n) is 4.99. The fraction of sp³-hybridized carbons (Fsp3) is 0.316. The quantitative estimate of drug-likeness (QED) is 0.722. The molecule has 1 saturated heterocycles. The van der Waals surface area contributed by atoms with E-state index in [0.717, 1.165) is 11.1 Å². The molecule has 1 unspecified atom stereocenters. The number of hydrogen-bond acceptors (Lipinski definition) is 3. The van der Waals surface area contributed by atoms with Gasteiger partial charge in [0.15, 0.2) is 5.67 Å². The van der Waals surface area contributed by atoms with Crippen molar-refractivity contribution in [3.8, 4) is 0 Å². The van der Waals surface area contributed by atoms with Gasteiger partial charge in [-0.1, -0.05) is 29.5 Å². The lowest BCUT2D eigenvalue weighted by atomic mass is 9.91. The van der Waals surface area contributed by atoms with Gasteiger partial charge in [-0.3, -0.25) is 4.79 Å². The zero-order valence-corrected chi connectivity index (χ0v) is 14.2. The minimum absolute atomic E-state index is 0.0786. The van der Waals surface area contributed by atoms with Crippen LogP contribution in [0.15, 0.2) is 42.5 Å². The molecule has 2 aromatic carbocycles. The summed E-state index contributed by atoms with van der Waals surface area (Å²) in [5.74, 6) is -0.166. The number of aromatic nitrogens is 3. The summed E-state index contributed by atoms with van der Waals surface area (Å²) >= 11 is 0. The summed E-state index contributed by atoms with van der Waals surface area (Å²) in [7, 11) is 1.80. The van der Waals surface area contributed by atoms with E-state index in [2.05, 4.69) is 10.3 Å². The molecule has 0 aliphatic carbocycles. The second kappa shape index (κ2) is 5.65. The minimum atomic E-state index is -1.49. The first-order chi connectivity index (χ1) is 12.0. The largest absolute Gasteiger partial charge is 0.335 e. The van der Waals surface area contributed by atoms with Crippen LogP contribution in [0.4, 0.5) is 4.39 Å². The van der Waals surface area contributed by atoms with Crippen molar-refractivity contribution < 1.29 is 9.18 Å². The van der Waals surface area contributed by atoms with Crippen molar-refractivity contribution >= 4 is 16.9 Å². The molecule has 1 amide bonds. The zero-order valence-electron chi connectivity index (χ0n) is 14.2. The Hall–Kier alpha value is -2.76. The summed E-state index contributed by atoms with van der Waals surface area (Å²) in [6, 6.07) is 12.8. The van der Waals surface area contributed by atoms with Gasteiger partial charge in [-0.25, -0.2) is 9.07 Å². The molecule has 0 radical (unpaired) electrons.